The first-order valence-electron chi connectivity index (χ1n) is 8.12. The molecule has 0 aromatic carbocycles. The summed E-state index contributed by atoms with van der Waals surface area (Å²) < 4.78 is 5.58. The van der Waals surface area contributed by atoms with Crippen LogP contribution in [0.2, 0.25) is 0 Å². The van der Waals surface area contributed by atoms with Gasteiger partial charge in [0.2, 0.25) is 0 Å². The molecular weight excluding hydrogens is 252 g/mol. The molecule has 1 unspecified atom stereocenters. The second-order valence-electron chi connectivity index (χ2n) is 7.41. The Balaban J connectivity index is 1.99. The number of hydrogen-bond acceptors (Lipinski definition) is 3. The van der Waals surface area contributed by atoms with Crippen molar-refractivity contribution in [1.29, 1.82) is 0 Å². The van der Waals surface area contributed by atoms with Crippen LogP contribution in [0.5, 0.6) is 0 Å². The Morgan fingerprint density at radius 1 is 1.10 bits per heavy atom. The third-order valence-corrected chi connectivity index (χ3v) is 4.54. The van der Waals surface area contributed by atoms with E-state index in [2.05, 4.69) is 0 Å². The first-order chi connectivity index (χ1) is 9.37. The number of nitrogens with zero attached hydrogens (tertiary/aromatic N) is 1. The smallest absolute Gasteiger partial charge is 0.410 e. The van der Waals surface area contributed by atoms with E-state index in [0.29, 0.717) is 18.0 Å². The molecule has 0 aromatic rings. The van der Waals surface area contributed by atoms with E-state index in [4.69, 9.17) is 10.5 Å². The number of carbonyl (C=O) groups excluding carboxylic acids is 1. The Hall–Kier alpha value is -0.770. The SMILES string of the molecule is CC(C)(C)OC(=O)N1CCCCC1C1CCC(N)CC1. The van der Waals surface area contributed by atoms with Crippen LogP contribution in [0.15, 0.2) is 0 Å². The maximum Gasteiger partial charge on any atom is 0.410 e. The molecule has 1 heterocycles. The molecule has 0 aromatic heterocycles. The fraction of sp³-hybridized carbons (Fsp3) is 0.938. The highest BCUT2D eigenvalue weighted by Crippen LogP contribution is 2.34. The van der Waals surface area contributed by atoms with Crippen LogP contribution in [-0.4, -0.2) is 35.2 Å². The van der Waals surface area contributed by atoms with Gasteiger partial charge in [-0.05, 0) is 71.6 Å². The van der Waals surface area contributed by atoms with Crippen LogP contribution in [0.25, 0.3) is 0 Å². The van der Waals surface area contributed by atoms with Gasteiger partial charge in [0.25, 0.3) is 0 Å². The number of amides is 1. The molecule has 1 saturated heterocycles. The van der Waals surface area contributed by atoms with Crippen LogP contribution >= 0.6 is 0 Å². The van der Waals surface area contributed by atoms with Gasteiger partial charge >= 0.3 is 6.09 Å². The van der Waals surface area contributed by atoms with Crippen LogP contribution in [0.3, 0.4) is 0 Å². The largest absolute Gasteiger partial charge is 0.444 e. The van der Waals surface area contributed by atoms with E-state index >= 15 is 0 Å². The van der Waals surface area contributed by atoms with Gasteiger partial charge in [-0.2, -0.15) is 0 Å². The average Bonchev–Trinajstić information content (AvgIpc) is 2.38. The molecule has 0 radical (unpaired) electrons. The van der Waals surface area contributed by atoms with E-state index in [-0.39, 0.29) is 6.09 Å². The highest BCUT2D eigenvalue weighted by Gasteiger charge is 2.36. The minimum absolute atomic E-state index is 0.128. The summed E-state index contributed by atoms with van der Waals surface area (Å²) in [6.07, 6.45) is 7.84. The van der Waals surface area contributed by atoms with Gasteiger partial charge in [0.15, 0.2) is 0 Å². The number of hydrogen-bond donors (Lipinski definition) is 1. The molecule has 116 valence electrons. The quantitative estimate of drug-likeness (QED) is 0.803. The van der Waals surface area contributed by atoms with Crippen molar-refractivity contribution in [2.24, 2.45) is 11.7 Å². The van der Waals surface area contributed by atoms with E-state index in [1.807, 2.05) is 25.7 Å². The van der Waals surface area contributed by atoms with E-state index < -0.39 is 5.60 Å². The van der Waals surface area contributed by atoms with Crippen molar-refractivity contribution in [2.75, 3.05) is 6.54 Å². The lowest BCUT2D eigenvalue weighted by Crippen LogP contribution is -2.50. The lowest BCUT2D eigenvalue weighted by Gasteiger charge is -2.42. The van der Waals surface area contributed by atoms with Crippen LogP contribution in [0, 0.1) is 5.92 Å². The van der Waals surface area contributed by atoms with Crippen molar-refractivity contribution >= 4 is 6.09 Å². The van der Waals surface area contributed by atoms with E-state index in [1.165, 1.54) is 6.42 Å². The number of ether oxygens (including phenoxy) is 1. The minimum Gasteiger partial charge on any atom is -0.444 e. The minimum atomic E-state index is -0.409. The number of rotatable bonds is 1. The molecule has 2 fully saturated rings. The first-order valence-corrected chi connectivity index (χ1v) is 8.12. The molecule has 0 bridgehead atoms. The predicted octanol–water partition coefficient (Wildman–Crippen LogP) is 3.29. The highest BCUT2D eigenvalue weighted by molar-refractivity contribution is 5.68. The predicted molar refractivity (Wildman–Crippen MR) is 80.5 cm³/mol. The zero-order chi connectivity index (χ0) is 14.8. The summed E-state index contributed by atoms with van der Waals surface area (Å²) in [6, 6.07) is 0.732. The summed E-state index contributed by atoms with van der Waals surface area (Å²) in [5, 5.41) is 0. The zero-order valence-electron chi connectivity index (χ0n) is 13.2. The second kappa shape index (κ2) is 6.33. The Kier molecular flexibility index (Phi) is 4.95. The molecule has 0 spiro atoms. The van der Waals surface area contributed by atoms with Gasteiger partial charge in [-0.15, -0.1) is 0 Å². The molecule has 1 atom stereocenters. The van der Waals surface area contributed by atoms with Crippen LogP contribution in [-0.2, 0) is 4.74 Å². The lowest BCUT2D eigenvalue weighted by molar-refractivity contribution is -0.00201. The Morgan fingerprint density at radius 3 is 2.35 bits per heavy atom. The van der Waals surface area contributed by atoms with Gasteiger partial charge in [0.1, 0.15) is 5.60 Å². The summed E-state index contributed by atoms with van der Waals surface area (Å²) >= 11 is 0. The first kappa shape index (κ1) is 15.6. The number of carbonyl (C=O) groups is 1. The molecule has 1 aliphatic carbocycles. The normalized spacial score (nSPS) is 32.0. The molecule has 2 aliphatic rings. The van der Waals surface area contributed by atoms with Gasteiger partial charge in [-0.3, -0.25) is 0 Å². The Morgan fingerprint density at radius 2 is 1.75 bits per heavy atom. The third-order valence-electron chi connectivity index (χ3n) is 4.54. The molecule has 20 heavy (non-hydrogen) atoms. The van der Waals surface area contributed by atoms with Crippen LogP contribution in [0.4, 0.5) is 4.79 Å². The number of piperidine rings is 1. The summed E-state index contributed by atoms with van der Waals surface area (Å²) in [5.41, 5.74) is 5.59. The Bertz CT molecular complexity index is 330. The van der Waals surface area contributed by atoms with Crippen molar-refractivity contribution in [3.63, 3.8) is 0 Å². The fourth-order valence-electron chi connectivity index (χ4n) is 3.52. The van der Waals surface area contributed by atoms with Crippen molar-refractivity contribution in [2.45, 2.75) is 83.4 Å². The average molecular weight is 282 g/mol. The molecule has 1 aliphatic heterocycles. The van der Waals surface area contributed by atoms with Crippen LogP contribution < -0.4 is 5.73 Å². The van der Waals surface area contributed by atoms with Crippen LogP contribution in [0.1, 0.15) is 65.7 Å². The second-order valence-corrected chi connectivity index (χ2v) is 7.41. The van der Waals surface area contributed by atoms with Crippen molar-refractivity contribution < 1.29 is 9.53 Å². The topological polar surface area (TPSA) is 55.6 Å². The van der Waals surface area contributed by atoms with E-state index in [9.17, 15) is 4.79 Å². The molecule has 4 heteroatoms. The van der Waals surface area contributed by atoms with Gasteiger partial charge in [0.05, 0.1) is 0 Å². The highest BCUT2D eigenvalue weighted by atomic mass is 16.6. The van der Waals surface area contributed by atoms with Crippen molar-refractivity contribution in [3.05, 3.63) is 0 Å². The van der Waals surface area contributed by atoms with Crippen molar-refractivity contribution in [3.8, 4) is 0 Å². The van der Waals surface area contributed by atoms with E-state index in [1.54, 1.807) is 0 Å². The molecule has 2 rings (SSSR count). The summed E-state index contributed by atoms with van der Waals surface area (Å²) in [7, 11) is 0. The third kappa shape index (κ3) is 4.11. The maximum atomic E-state index is 12.4. The van der Waals surface area contributed by atoms with Gasteiger partial charge in [0, 0.05) is 18.6 Å². The summed E-state index contributed by atoms with van der Waals surface area (Å²) in [5.74, 6) is 0.614. The van der Waals surface area contributed by atoms with Gasteiger partial charge in [-0.1, -0.05) is 0 Å². The summed E-state index contributed by atoms with van der Waals surface area (Å²) in [4.78, 5) is 14.4. The van der Waals surface area contributed by atoms with Crippen molar-refractivity contribution in [1.82, 2.24) is 4.90 Å². The number of likely N-dealkylation sites (tertiary alicyclic amines) is 1. The zero-order valence-corrected chi connectivity index (χ0v) is 13.2. The number of nitrogens with two attached hydrogens (primary N) is 1. The molecule has 2 N–H and O–H groups in total. The van der Waals surface area contributed by atoms with E-state index in [0.717, 1.165) is 45.1 Å². The lowest BCUT2D eigenvalue weighted by atomic mass is 9.78. The molecule has 1 saturated carbocycles. The molecule has 1 amide bonds. The van der Waals surface area contributed by atoms with Gasteiger partial charge in [-0.25, -0.2) is 4.79 Å². The summed E-state index contributed by atoms with van der Waals surface area (Å²) in [6.45, 7) is 6.65. The molecule has 4 nitrogen and oxygen atoms in total. The molecular formula is C16H30N2O2. The standard InChI is InChI=1S/C16H30N2O2/c1-16(2,3)20-15(19)18-11-5-4-6-14(18)12-7-9-13(17)10-8-12/h12-14H,4-11,17H2,1-3H3. The fourth-order valence-corrected chi connectivity index (χ4v) is 3.52. The Labute approximate surface area is 123 Å². The maximum absolute atomic E-state index is 12.4. The monoisotopic (exact) mass is 282 g/mol. The van der Waals surface area contributed by atoms with Gasteiger partial charge < -0.3 is 15.4 Å².